The number of nitriles is 1. The van der Waals surface area contributed by atoms with Crippen LogP contribution in [0.2, 0.25) is 0 Å². The van der Waals surface area contributed by atoms with Crippen molar-refractivity contribution in [2.45, 2.75) is 20.5 Å². The van der Waals surface area contributed by atoms with E-state index in [1.54, 1.807) is 10.8 Å². The normalized spacial score (nSPS) is 11.2. The number of hydrogen-bond acceptors (Lipinski definition) is 3. The Hall–Kier alpha value is -4.30. The largest absolute Gasteiger partial charge is 0.488 e. The number of rotatable bonds is 6. The SMILES string of the molecule is Cc1ccc(C)n1NC(=O)/C(C#N)=C\c1ccccc1OCc1cccc2ccccc12. The van der Waals surface area contributed by atoms with E-state index < -0.39 is 5.91 Å². The first-order valence-electron chi connectivity index (χ1n) is 10.3. The number of carbonyl (C=O) groups excluding carboxylic acids is 1. The van der Waals surface area contributed by atoms with Crippen LogP contribution < -0.4 is 10.2 Å². The molecule has 5 nitrogen and oxygen atoms in total. The number of hydrogen-bond donors (Lipinski definition) is 1. The number of amides is 1. The molecule has 158 valence electrons. The van der Waals surface area contributed by atoms with E-state index in [0.29, 0.717) is 17.9 Å². The maximum absolute atomic E-state index is 12.7. The molecule has 0 saturated heterocycles. The number of aromatic nitrogens is 1. The molecule has 4 aromatic rings. The fourth-order valence-corrected chi connectivity index (χ4v) is 3.62. The van der Waals surface area contributed by atoms with Gasteiger partial charge in [-0.3, -0.25) is 14.9 Å². The van der Waals surface area contributed by atoms with Gasteiger partial charge in [0.1, 0.15) is 24.0 Å². The number of nitrogens with one attached hydrogen (secondary N) is 1. The van der Waals surface area contributed by atoms with Gasteiger partial charge in [-0.2, -0.15) is 5.26 Å². The second kappa shape index (κ2) is 9.23. The van der Waals surface area contributed by atoms with Crippen LogP contribution in [0.4, 0.5) is 0 Å². The molecular formula is C27H23N3O2. The Morgan fingerprint density at radius 1 is 0.969 bits per heavy atom. The van der Waals surface area contributed by atoms with Crippen LogP contribution in [-0.4, -0.2) is 10.6 Å². The molecule has 0 fully saturated rings. The molecule has 0 unspecified atom stereocenters. The smallest absolute Gasteiger partial charge is 0.280 e. The van der Waals surface area contributed by atoms with E-state index in [2.05, 4.69) is 23.6 Å². The molecule has 0 aliphatic rings. The Kier molecular flexibility index (Phi) is 6.05. The van der Waals surface area contributed by atoms with Crippen molar-refractivity contribution in [1.82, 2.24) is 4.68 Å². The molecule has 4 rings (SSSR count). The third-order valence-corrected chi connectivity index (χ3v) is 5.33. The molecule has 0 radical (unpaired) electrons. The summed E-state index contributed by atoms with van der Waals surface area (Å²) in [6.45, 7) is 4.15. The molecular weight excluding hydrogens is 398 g/mol. The number of para-hydroxylation sites is 1. The van der Waals surface area contributed by atoms with Crippen LogP contribution in [0.1, 0.15) is 22.5 Å². The van der Waals surface area contributed by atoms with Gasteiger partial charge in [-0.25, -0.2) is 0 Å². The van der Waals surface area contributed by atoms with E-state index in [9.17, 15) is 10.1 Å². The molecule has 0 aliphatic heterocycles. The molecule has 0 spiro atoms. The van der Waals surface area contributed by atoms with Gasteiger partial charge in [0.05, 0.1) is 0 Å². The van der Waals surface area contributed by atoms with Crippen LogP contribution >= 0.6 is 0 Å². The molecule has 1 N–H and O–H groups in total. The van der Waals surface area contributed by atoms with Gasteiger partial charge in [-0.05, 0) is 54.5 Å². The maximum Gasteiger partial charge on any atom is 0.280 e. The van der Waals surface area contributed by atoms with Gasteiger partial charge in [-0.15, -0.1) is 0 Å². The first-order valence-corrected chi connectivity index (χ1v) is 10.3. The van der Waals surface area contributed by atoms with Gasteiger partial charge in [0.2, 0.25) is 0 Å². The highest BCUT2D eigenvalue weighted by atomic mass is 16.5. The van der Waals surface area contributed by atoms with Crippen molar-refractivity contribution in [1.29, 1.82) is 5.26 Å². The Morgan fingerprint density at radius 3 is 2.44 bits per heavy atom. The highest BCUT2D eigenvalue weighted by Gasteiger charge is 2.13. The molecule has 0 atom stereocenters. The lowest BCUT2D eigenvalue weighted by Gasteiger charge is -2.12. The molecule has 1 amide bonds. The van der Waals surface area contributed by atoms with Gasteiger partial charge >= 0.3 is 0 Å². The van der Waals surface area contributed by atoms with Crippen LogP contribution in [0.3, 0.4) is 0 Å². The van der Waals surface area contributed by atoms with Gasteiger partial charge < -0.3 is 4.74 Å². The van der Waals surface area contributed by atoms with Crippen molar-refractivity contribution in [3.63, 3.8) is 0 Å². The second-order valence-corrected chi connectivity index (χ2v) is 7.53. The van der Waals surface area contributed by atoms with Crippen LogP contribution in [-0.2, 0) is 11.4 Å². The molecule has 1 heterocycles. The number of aryl methyl sites for hydroxylation is 2. The minimum Gasteiger partial charge on any atom is -0.488 e. The summed E-state index contributed by atoms with van der Waals surface area (Å²) in [6, 6.07) is 27.5. The number of fused-ring (bicyclic) bond motifs is 1. The highest BCUT2D eigenvalue weighted by Crippen LogP contribution is 2.25. The van der Waals surface area contributed by atoms with Crippen LogP contribution in [0.5, 0.6) is 5.75 Å². The zero-order chi connectivity index (χ0) is 22.5. The van der Waals surface area contributed by atoms with Gasteiger partial charge in [-0.1, -0.05) is 60.7 Å². The number of nitrogens with zero attached hydrogens (tertiary/aromatic N) is 2. The lowest BCUT2D eigenvalue weighted by atomic mass is 10.1. The highest BCUT2D eigenvalue weighted by molar-refractivity contribution is 6.06. The standard InChI is InChI=1S/C27H23N3O2/c1-19-14-15-20(2)30(19)29-27(31)24(17-28)16-22-9-4-6-13-26(22)32-18-23-11-7-10-21-8-3-5-12-25(21)23/h3-16H,18H2,1-2H3,(H,29,31)/b24-16-. The van der Waals surface area contributed by atoms with Crippen molar-refractivity contribution in [3.8, 4) is 11.8 Å². The zero-order valence-corrected chi connectivity index (χ0v) is 18.0. The first kappa shape index (κ1) is 21.0. The minimum atomic E-state index is -0.473. The van der Waals surface area contributed by atoms with Crippen molar-refractivity contribution < 1.29 is 9.53 Å². The summed E-state index contributed by atoms with van der Waals surface area (Å²) in [5, 5.41) is 11.9. The summed E-state index contributed by atoms with van der Waals surface area (Å²) < 4.78 is 7.77. The Morgan fingerprint density at radius 2 is 1.66 bits per heavy atom. The van der Waals surface area contributed by atoms with Crippen molar-refractivity contribution in [2.24, 2.45) is 0 Å². The number of carbonyl (C=O) groups is 1. The maximum atomic E-state index is 12.7. The van der Waals surface area contributed by atoms with E-state index in [-0.39, 0.29) is 5.57 Å². The average molecular weight is 422 g/mol. The predicted molar refractivity (Wildman–Crippen MR) is 127 cm³/mol. The minimum absolute atomic E-state index is 0.00119. The molecule has 1 aromatic heterocycles. The summed E-state index contributed by atoms with van der Waals surface area (Å²) in [7, 11) is 0. The quantitative estimate of drug-likeness (QED) is 0.329. The first-order chi connectivity index (χ1) is 15.6. The molecule has 5 heteroatoms. The van der Waals surface area contributed by atoms with Gasteiger partial charge in [0.15, 0.2) is 0 Å². The Balaban J connectivity index is 1.57. The third kappa shape index (κ3) is 4.40. The fourth-order valence-electron chi connectivity index (χ4n) is 3.62. The van der Waals surface area contributed by atoms with Crippen LogP contribution in [0, 0.1) is 25.2 Å². The fraction of sp³-hybridized carbons (Fsp3) is 0.111. The van der Waals surface area contributed by atoms with Gasteiger partial charge in [0, 0.05) is 17.0 Å². The zero-order valence-electron chi connectivity index (χ0n) is 18.0. The van der Waals surface area contributed by atoms with E-state index >= 15 is 0 Å². The van der Waals surface area contributed by atoms with Crippen LogP contribution in [0.15, 0.2) is 84.4 Å². The van der Waals surface area contributed by atoms with E-state index in [0.717, 1.165) is 27.7 Å². The van der Waals surface area contributed by atoms with Gasteiger partial charge in [0.25, 0.3) is 5.91 Å². The Labute approximate surface area is 187 Å². The second-order valence-electron chi connectivity index (χ2n) is 7.53. The third-order valence-electron chi connectivity index (χ3n) is 5.33. The summed E-state index contributed by atoms with van der Waals surface area (Å²) in [6.07, 6.45) is 1.56. The number of ether oxygens (including phenoxy) is 1. The molecule has 0 aliphatic carbocycles. The number of benzene rings is 3. The van der Waals surface area contributed by atoms with Crippen molar-refractivity contribution in [2.75, 3.05) is 5.43 Å². The topological polar surface area (TPSA) is 67.0 Å². The predicted octanol–water partition coefficient (Wildman–Crippen LogP) is 5.51. The summed E-state index contributed by atoms with van der Waals surface area (Å²) in [5.74, 6) is 0.132. The average Bonchev–Trinajstić information content (AvgIpc) is 3.13. The summed E-state index contributed by atoms with van der Waals surface area (Å²) in [5.41, 5.74) is 6.27. The lowest BCUT2D eigenvalue weighted by Crippen LogP contribution is -2.25. The monoisotopic (exact) mass is 421 g/mol. The Bertz CT molecular complexity index is 1330. The van der Waals surface area contributed by atoms with Crippen molar-refractivity contribution >= 4 is 22.8 Å². The molecule has 0 saturated carbocycles. The summed E-state index contributed by atoms with van der Waals surface area (Å²) >= 11 is 0. The van der Waals surface area contributed by atoms with Crippen molar-refractivity contribution in [3.05, 3.63) is 107 Å². The summed E-state index contributed by atoms with van der Waals surface area (Å²) in [4.78, 5) is 12.7. The van der Waals surface area contributed by atoms with E-state index in [1.165, 1.54) is 0 Å². The molecule has 32 heavy (non-hydrogen) atoms. The molecule has 3 aromatic carbocycles. The molecule has 0 bridgehead atoms. The van der Waals surface area contributed by atoms with E-state index in [1.807, 2.05) is 80.6 Å². The lowest BCUT2D eigenvalue weighted by molar-refractivity contribution is -0.113. The van der Waals surface area contributed by atoms with E-state index in [4.69, 9.17) is 4.74 Å². The van der Waals surface area contributed by atoms with Crippen LogP contribution in [0.25, 0.3) is 16.8 Å².